The van der Waals surface area contributed by atoms with Crippen LogP contribution in [0.4, 0.5) is 5.69 Å². The zero-order valence-corrected chi connectivity index (χ0v) is 20.4. The van der Waals surface area contributed by atoms with Crippen molar-refractivity contribution >= 4 is 27.7 Å². The molecule has 0 aliphatic carbocycles. The molecule has 1 amide bonds. The van der Waals surface area contributed by atoms with Crippen LogP contribution in [0.1, 0.15) is 17.7 Å². The average molecular weight is 496 g/mol. The molecular formula is C26H29N3O5S. The predicted molar refractivity (Wildman–Crippen MR) is 135 cm³/mol. The van der Waals surface area contributed by atoms with Crippen LogP contribution < -0.4 is 14.4 Å². The van der Waals surface area contributed by atoms with Gasteiger partial charge >= 0.3 is 0 Å². The molecule has 0 spiro atoms. The number of furan rings is 1. The molecule has 1 N–H and O–H groups in total. The molecule has 35 heavy (non-hydrogen) atoms. The Morgan fingerprint density at radius 3 is 2.49 bits per heavy atom. The Kier molecular flexibility index (Phi) is 7.89. The number of nitrogens with one attached hydrogen (secondary N) is 1. The monoisotopic (exact) mass is 495 g/mol. The van der Waals surface area contributed by atoms with Gasteiger partial charge in [0, 0.05) is 37.9 Å². The molecule has 0 atom stereocenters. The molecule has 1 aliphatic heterocycles. The first kappa shape index (κ1) is 24.6. The van der Waals surface area contributed by atoms with Crippen molar-refractivity contribution in [3.8, 4) is 5.75 Å². The molecule has 1 aromatic heterocycles. The van der Waals surface area contributed by atoms with Gasteiger partial charge in [0.1, 0.15) is 11.5 Å². The Hall–Kier alpha value is -3.56. The van der Waals surface area contributed by atoms with Crippen LogP contribution in [0.25, 0.3) is 6.08 Å². The van der Waals surface area contributed by atoms with Crippen LogP contribution in [0.15, 0.2) is 82.3 Å². The molecular weight excluding hydrogens is 466 g/mol. The molecule has 184 valence electrons. The number of carbonyl (C=O) groups is 1. The molecule has 1 aliphatic rings. The molecule has 0 radical (unpaired) electrons. The van der Waals surface area contributed by atoms with Gasteiger partial charge in [0.25, 0.3) is 0 Å². The van der Waals surface area contributed by atoms with E-state index in [1.54, 1.807) is 43.5 Å². The van der Waals surface area contributed by atoms with Crippen LogP contribution in [0.2, 0.25) is 0 Å². The van der Waals surface area contributed by atoms with Crippen molar-refractivity contribution in [2.24, 2.45) is 0 Å². The highest BCUT2D eigenvalue weighted by Gasteiger charge is 2.18. The van der Waals surface area contributed by atoms with Crippen molar-refractivity contribution in [3.63, 3.8) is 0 Å². The van der Waals surface area contributed by atoms with Gasteiger partial charge in [0.05, 0.1) is 24.8 Å². The quantitative estimate of drug-likeness (QED) is 0.481. The fourth-order valence-corrected chi connectivity index (χ4v) is 4.88. The van der Waals surface area contributed by atoms with Gasteiger partial charge in [0.2, 0.25) is 15.9 Å². The van der Waals surface area contributed by atoms with E-state index in [0.717, 1.165) is 36.5 Å². The van der Waals surface area contributed by atoms with Crippen LogP contribution in [0.5, 0.6) is 5.75 Å². The average Bonchev–Trinajstić information content (AvgIpc) is 3.29. The van der Waals surface area contributed by atoms with Crippen molar-refractivity contribution in [2.75, 3.05) is 38.2 Å². The minimum absolute atomic E-state index is 0.0570. The summed E-state index contributed by atoms with van der Waals surface area (Å²) in [5.41, 5.74) is 1.86. The minimum Gasteiger partial charge on any atom is -0.497 e. The van der Waals surface area contributed by atoms with E-state index in [9.17, 15) is 13.2 Å². The summed E-state index contributed by atoms with van der Waals surface area (Å²) in [6, 6.07) is 17.8. The van der Waals surface area contributed by atoms with E-state index in [4.69, 9.17) is 9.15 Å². The van der Waals surface area contributed by atoms with Crippen LogP contribution in [-0.4, -0.2) is 52.5 Å². The molecule has 2 heterocycles. The van der Waals surface area contributed by atoms with Crippen LogP contribution >= 0.6 is 0 Å². The highest BCUT2D eigenvalue weighted by molar-refractivity contribution is 7.89. The maximum Gasteiger partial charge on any atom is 0.246 e. The molecule has 1 saturated heterocycles. The summed E-state index contributed by atoms with van der Waals surface area (Å²) in [6.07, 6.45) is 5.63. The SMILES string of the molecule is COc1ccc(N2CCCN(C(=O)/C=C/c3ccc(S(=O)(=O)NCc4ccco4)cc3)CC2)cc1. The zero-order chi connectivity index (χ0) is 24.7. The summed E-state index contributed by atoms with van der Waals surface area (Å²) in [5.74, 6) is 1.30. The number of methoxy groups -OCH3 is 1. The van der Waals surface area contributed by atoms with E-state index < -0.39 is 10.0 Å². The summed E-state index contributed by atoms with van der Waals surface area (Å²) in [6.45, 7) is 3.03. The number of nitrogens with zero attached hydrogens (tertiary/aromatic N) is 2. The highest BCUT2D eigenvalue weighted by atomic mass is 32.2. The standard InChI is InChI=1S/C26H29N3O5S/c1-33-23-10-8-22(9-11-23)28-15-3-16-29(18-17-28)26(30)14-7-21-5-12-25(13-6-21)35(31,32)27-20-24-4-2-19-34-24/h2,4-14,19,27H,3,15-18,20H2,1H3/b14-7+. The second-order valence-electron chi connectivity index (χ2n) is 8.17. The third-order valence-corrected chi connectivity index (χ3v) is 7.29. The van der Waals surface area contributed by atoms with E-state index in [0.29, 0.717) is 18.8 Å². The second kappa shape index (κ2) is 11.2. The Labute approximate surface area is 205 Å². The number of ether oxygens (including phenoxy) is 1. The summed E-state index contributed by atoms with van der Waals surface area (Å²) in [7, 11) is -2.01. The number of hydrogen-bond donors (Lipinski definition) is 1. The van der Waals surface area contributed by atoms with Crippen molar-refractivity contribution in [2.45, 2.75) is 17.9 Å². The third kappa shape index (κ3) is 6.52. The molecule has 2 aromatic carbocycles. The maximum absolute atomic E-state index is 12.8. The second-order valence-corrected chi connectivity index (χ2v) is 9.94. The van der Waals surface area contributed by atoms with E-state index in [-0.39, 0.29) is 17.3 Å². The van der Waals surface area contributed by atoms with Gasteiger partial charge in [-0.3, -0.25) is 4.79 Å². The first-order valence-electron chi connectivity index (χ1n) is 11.4. The molecule has 4 rings (SSSR count). The van der Waals surface area contributed by atoms with Crippen molar-refractivity contribution in [1.29, 1.82) is 0 Å². The number of anilines is 1. The lowest BCUT2D eigenvalue weighted by atomic mass is 10.2. The molecule has 9 heteroatoms. The smallest absolute Gasteiger partial charge is 0.246 e. The fraction of sp³-hybridized carbons (Fsp3) is 0.269. The lowest BCUT2D eigenvalue weighted by molar-refractivity contribution is -0.125. The van der Waals surface area contributed by atoms with Crippen molar-refractivity contribution < 1.29 is 22.4 Å². The first-order valence-corrected chi connectivity index (χ1v) is 12.9. The Balaban J connectivity index is 1.31. The van der Waals surface area contributed by atoms with Gasteiger partial charge in [-0.2, -0.15) is 0 Å². The number of carbonyl (C=O) groups excluding carboxylic acids is 1. The van der Waals surface area contributed by atoms with Gasteiger partial charge < -0.3 is 19.0 Å². The number of hydrogen-bond acceptors (Lipinski definition) is 6. The summed E-state index contributed by atoms with van der Waals surface area (Å²) in [4.78, 5) is 17.0. The van der Waals surface area contributed by atoms with Gasteiger partial charge in [-0.1, -0.05) is 12.1 Å². The largest absolute Gasteiger partial charge is 0.497 e. The van der Waals surface area contributed by atoms with Crippen LogP contribution in [-0.2, 0) is 21.4 Å². The Morgan fingerprint density at radius 1 is 1.03 bits per heavy atom. The van der Waals surface area contributed by atoms with E-state index in [2.05, 4.69) is 9.62 Å². The number of rotatable bonds is 8. The Morgan fingerprint density at radius 2 is 1.80 bits per heavy atom. The number of amides is 1. The molecule has 1 fully saturated rings. The van der Waals surface area contributed by atoms with Gasteiger partial charge in [-0.05, 0) is 66.6 Å². The van der Waals surface area contributed by atoms with Crippen molar-refractivity contribution in [1.82, 2.24) is 9.62 Å². The van der Waals surface area contributed by atoms with Gasteiger partial charge in [0.15, 0.2) is 0 Å². The van der Waals surface area contributed by atoms with Crippen molar-refractivity contribution in [3.05, 3.63) is 84.3 Å². The van der Waals surface area contributed by atoms with Gasteiger partial charge in [-0.15, -0.1) is 0 Å². The topological polar surface area (TPSA) is 92.1 Å². The van der Waals surface area contributed by atoms with Crippen LogP contribution in [0, 0.1) is 0 Å². The van der Waals surface area contributed by atoms with E-state index in [1.165, 1.54) is 18.4 Å². The zero-order valence-electron chi connectivity index (χ0n) is 19.6. The number of sulfonamides is 1. The highest BCUT2D eigenvalue weighted by Crippen LogP contribution is 2.21. The minimum atomic E-state index is -3.66. The van der Waals surface area contributed by atoms with E-state index >= 15 is 0 Å². The summed E-state index contributed by atoms with van der Waals surface area (Å²) < 4.78 is 37.8. The molecule has 0 bridgehead atoms. The fourth-order valence-electron chi connectivity index (χ4n) is 3.88. The third-order valence-electron chi connectivity index (χ3n) is 5.87. The summed E-state index contributed by atoms with van der Waals surface area (Å²) >= 11 is 0. The number of benzene rings is 2. The predicted octanol–water partition coefficient (Wildman–Crippen LogP) is 3.52. The normalized spacial score (nSPS) is 14.8. The first-order chi connectivity index (χ1) is 16.9. The molecule has 0 saturated carbocycles. The molecule has 0 unspecified atom stereocenters. The maximum atomic E-state index is 12.8. The molecule has 3 aromatic rings. The Bertz CT molecular complexity index is 1240. The van der Waals surface area contributed by atoms with Gasteiger partial charge in [-0.25, -0.2) is 13.1 Å². The lowest BCUT2D eigenvalue weighted by Crippen LogP contribution is -2.34. The molecule has 8 nitrogen and oxygen atoms in total. The lowest BCUT2D eigenvalue weighted by Gasteiger charge is -2.23. The van der Waals surface area contributed by atoms with E-state index in [1.807, 2.05) is 29.2 Å². The van der Waals surface area contributed by atoms with Crippen LogP contribution in [0.3, 0.4) is 0 Å². The summed E-state index contributed by atoms with van der Waals surface area (Å²) in [5, 5.41) is 0.